The molecule has 44 heavy (non-hydrogen) atoms. The first-order valence-corrected chi connectivity index (χ1v) is 17.1. The lowest BCUT2D eigenvalue weighted by atomic mass is 9.86. The number of benzene rings is 2. The van der Waals surface area contributed by atoms with Gasteiger partial charge in [0, 0.05) is 17.2 Å². The molecule has 3 aliphatic rings. The number of hydrogen-bond donors (Lipinski definition) is 0. The van der Waals surface area contributed by atoms with Gasteiger partial charge in [-0.25, -0.2) is 0 Å². The van der Waals surface area contributed by atoms with E-state index in [1.54, 1.807) is 5.56 Å². The van der Waals surface area contributed by atoms with Crippen molar-refractivity contribution in [2.75, 3.05) is 0 Å². The first-order valence-electron chi connectivity index (χ1n) is 17.1. The third kappa shape index (κ3) is 8.65. The molecule has 0 aromatic heterocycles. The molecule has 234 valence electrons. The third-order valence-corrected chi connectivity index (χ3v) is 9.90. The van der Waals surface area contributed by atoms with Crippen molar-refractivity contribution >= 4 is 11.3 Å². The van der Waals surface area contributed by atoms with Crippen molar-refractivity contribution in [3.05, 3.63) is 107 Å². The quantitative estimate of drug-likeness (QED) is 0.138. The van der Waals surface area contributed by atoms with Gasteiger partial charge in [-0.15, -0.1) is 5.73 Å². The van der Waals surface area contributed by atoms with Gasteiger partial charge in [0.1, 0.15) is 0 Å². The van der Waals surface area contributed by atoms with Crippen LogP contribution in [0.5, 0.6) is 0 Å². The molecule has 0 saturated heterocycles. The molecule has 1 nitrogen and oxygen atoms in total. The first-order chi connectivity index (χ1) is 21.2. The third-order valence-electron chi connectivity index (χ3n) is 9.90. The summed E-state index contributed by atoms with van der Waals surface area (Å²) in [6.45, 7) is 24.6. The Morgan fingerprint density at radius 1 is 1.00 bits per heavy atom. The Balaban J connectivity index is 0.000000236. The minimum absolute atomic E-state index is 0.0260. The summed E-state index contributed by atoms with van der Waals surface area (Å²) in [4.78, 5) is 4.77. The Labute approximate surface area is 270 Å². The van der Waals surface area contributed by atoms with Crippen LogP contribution in [0.4, 0.5) is 0 Å². The minimum atomic E-state index is -0.0260. The van der Waals surface area contributed by atoms with E-state index in [0.29, 0.717) is 6.04 Å². The smallest absolute Gasteiger partial charge is 0.0694 e. The van der Waals surface area contributed by atoms with Crippen LogP contribution in [0.25, 0.3) is 5.57 Å². The lowest BCUT2D eigenvalue weighted by Crippen LogP contribution is -2.18. The number of nitrogens with zero attached hydrogens (tertiary/aromatic N) is 1. The second kappa shape index (κ2) is 16.7. The molecular weight excluding hydrogens is 530 g/mol. The highest BCUT2D eigenvalue weighted by molar-refractivity contribution is 6.01. The van der Waals surface area contributed by atoms with Gasteiger partial charge >= 0.3 is 0 Å². The van der Waals surface area contributed by atoms with Crippen LogP contribution in [-0.2, 0) is 6.42 Å². The van der Waals surface area contributed by atoms with Crippen molar-refractivity contribution in [2.45, 2.75) is 113 Å². The largest absolute Gasteiger partial charge is 0.284 e. The summed E-state index contributed by atoms with van der Waals surface area (Å²) in [5.41, 5.74) is 12.9. The predicted octanol–water partition coefficient (Wildman–Crippen LogP) is 11.6. The molecule has 2 saturated carbocycles. The molecule has 0 N–H and O–H groups in total. The number of aryl methyl sites for hydroxylation is 3. The van der Waals surface area contributed by atoms with E-state index in [1.807, 2.05) is 26.8 Å². The van der Waals surface area contributed by atoms with Gasteiger partial charge in [-0.05, 0) is 106 Å². The number of rotatable bonds is 6. The highest BCUT2D eigenvalue weighted by atomic mass is 15.0. The van der Waals surface area contributed by atoms with E-state index >= 15 is 0 Å². The Hall–Kier alpha value is -3.33. The molecule has 0 radical (unpaired) electrons. The van der Waals surface area contributed by atoms with Crippen molar-refractivity contribution in [3.8, 4) is 11.8 Å². The van der Waals surface area contributed by atoms with Crippen molar-refractivity contribution in [1.29, 1.82) is 0 Å². The van der Waals surface area contributed by atoms with Crippen LogP contribution in [0, 0.1) is 55.8 Å². The molecule has 5 unspecified atom stereocenters. The molecule has 5 rings (SSSR count). The van der Waals surface area contributed by atoms with E-state index in [-0.39, 0.29) is 11.3 Å². The summed E-state index contributed by atoms with van der Waals surface area (Å²) >= 11 is 0. The fourth-order valence-electron chi connectivity index (χ4n) is 6.86. The maximum Gasteiger partial charge on any atom is 0.0694 e. The van der Waals surface area contributed by atoms with Gasteiger partial charge in [-0.2, -0.15) is 0 Å². The zero-order valence-corrected chi connectivity index (χ0v) is 29.0. The van der Waals surface area contributed by atoms with E-state index in [0.717, 1.165) is 40.7 Å². The van der Waals surface area contributed by atoms with Crippen molar-refractivity contribution < 1.29 is 0 Å². The van der Waals surface area contributed by atoms with Crippen molar-refractivity contribution in [1.82, 2.24) is 0 Å². The van der Waals surface area contributed by atoms with Gasteiger partial charge in [0.05, 0.1) is 11.5 Å². The van der Waals surface area contributed by atoms with E-state index in [2.05, 4.69) is 114 Å². The molecule has 1 aliphatic heterocycles. The molecule has 2 aliphatic carbocycles. The van der Waals surface area contributed by atoms with Crippen LogP contribution in [0.15, 0.2) is 78.5 Å². The number of aliphatic imine (C=N–C) groups is 1. The summed E-state index contributed by atoms with van der Waals surface area (Å²) in [6, 6.07) is 13.6. The molecule has 1 heterocycles. The highest BCUT2D eigenvalue weighted by Crippen LogP contribution is 2.59. The van der Waals surface area contributed by atoms with Crippen LogP contribution >= 0.6 is 0 Å². The second-order valence-electron chi connectivity index (χ2n) is 12.9. The predicted molar refractivity (Wildman–Crippen MR) is 194 cm³/mol. The SMILES string of the molecule is C=C=C(C)c1ccc(C)c(C#CC23CC2N=C(C=C)C3/C=C\C)c1.CC.CCC1CCCC(Cc2ccc(C)cc2C)CC1. The Morgan fingerprint density at radius 3 is 2.39 bits per heavy atom. The van der Waals surface area contributed by atoms with Gasteiger partial charge in [-0.1, -0.05) is 126 Å². The van der Waals surface area contributed by atoms with E-state index in [4.69, 9.17) is 4.99 Å². The second-order valence-corrected chi connectivity index (χ2v) is 12.9. The Morgan fingerprint density at radius 2 is 1.73 bits per heavy atom. The standard InChI is InChI=1S/C23H23N.C18H28.C2H6/c1-6-9-20-21(8-3)24-22-15-23(20,22)13-12-19-14-18(16(4)7-2)11-10-17(19)5;1-4-16-6-5-7-17(10-9-16)13-18-11-8-14(2)12-15(18)3;1-2/h6,8-11,14,20,22H,2-3,15H2,1,4-5H3;8,11-12,16-17H,4-7,9-10,13H2,1-3H3;1-2H3/b9-6-;;. The molecule has 0 bridgehead atoms. The highest BCUT2D eigenvalue weighted by Gasteiger charge is 2.62. The van der Waals surface area contributed by atoms with Gasteiger partial charge in [-0.3, -0.25) is 4.99 Å². The zero-order chi connectivity index (χ0) is 32.3. The maximum absolute atomic E-state index is 4.77. The minimum Gasteiger partial charge on any atom is -0.284 e. The fourth-order valence-corrected chi connectivity index (χ4v) is 6.86. The number of fused-ring (bicyclic) bond motifs is 1. The van der Waals surface area contributed by atoms with Crippen molar-refractivity contribution in [2.24, 2.45) is 28.2 Å². The summed E-state index contributed by atoms with van der Waals surface area (Å²) in [7, 11) is 0. The molecule has 2 fully saturated rings. The molecule has 2 aromatic rings. The van der Waals surface area contributed by atoms with Crippen LogP contribution in [0.2, 0.25) is 0 Å². The fraction of sp³-hybridized carbons (Fsp3) is 0.488. The van der Waals surface area contributed by atoms with Gasteiger partial charge in [0.25, 0.3) is 0 Å². The average Bonchev–Trinajstić information content (AvgIpc) is 3.73. The average molecular weight is 588 g/mol. The van der Waals surface area contributed by atoms with E-state index < -0.39 is 0 Å². The lowest BCUT2D eigenvalue weighted by Gasteiger charge is -2.16. The first kappa shape index (κ1) is 35.2. The van der Waals surface area contributed by atoms with Crippen molar-refractivity contribution in [3.63, 3.8) is 0 Å². The topological polar surface area (TPSA) is 12.4 Å². The molecule has 1 heteroatoms. The summed E-state index contributed by atoms with van der Waals surface area (Å²) in [5.74, 6) is 9.22. The lowest BCUT2D eigenvalue weighted by molar-refractivity contribution is 0.420. The van der Waals surface area contributed by atoms with Crippen LogP contribution in [-0.4, -0.2) is 11.8 Å². The maximum atomic E-state index is 4.77. The summed E-state index contributed by atoms with van der Waals surface area (Å²) < 4.78 is 0. The number of hydrogen-bond acceptors (Lipinski definition) is 1. The molecule has 5 atom stereocenters. The Bertz CT molecular complexity index is 1450. The van der Waals surface area contributed by atoms with Crippen LogP contribution in [0.3, 0.4) is 0 Å². The molecule has 2 aromatic carbocycles. The monoisotopic (exact) mass is 587 g/mol. The molecule has 0 amide bonds. The van der Waals surface area contributed by atoms with Crippen LogP contribution in [0.1, 0.15) is 113 Å². The van der Waals surface area contributed by atoms with E-state index in [9.17, 15) is 0 Å². The molecule has 0 spiro atoms. The summed E-state index contributed by atoms with van der Waals surface area (Å²) in [6.07, 6.45) is 17.2. The van der Waals surface area contributed by atoms with Gasteiger partial charge in [0.2, 0.25) is 0 Å². The van der Waals surface area contributed by atoms with Gasteiger partial charge in [0.15, 0.2) is 0 Å². The Kier molecular flexibility index (Phi) is 13.3. The molecular formula is C43H57N. The zero-order valence-electron chi connectivity index (χ0n) is 29.0. The summed E-state index contributed by atoms with van der Waals surface area (Å²) in [5, 5.41) is 0. The normalized spacial score (nSPS) is 25.0. The van der Waals surface area contributed by atoms with Crippen LogP contribution < -0.4 is 0 Å². The number of allylic oxidation sites excluding steroid dienone is 4. The van der Waals surface area contributed by atoms with Gasteiger partial charge < -0.3 is 0 Å². The van der Waals surface area contributed by atoms with E-state index in [1.165, 1.54) is 61.6 Å².